The lowest BCUT2D eigenvalue weighted by molar-refractivity contribution is -0.387. The Bertz CT molecular complexity index is 644. The molecule has 21 heavy (non-hydrogen) atoms. The van der Waals surface area contributed by atoms with Crippen LogP contribution in [-0.2, 0) is 14.8 Å². The molecule has 0 radical (unpaired) electrons. The number of amides is 1. The molecule has 0 aliphatic heterocycles. The van der Waals surface area contributed by atoms with Crippen LogP contribution in [0.5, 0.6) is 0 Å². The van der Waals surface area contributed by atoms with Gasteiger partial charge in [0.2, 0.25) is 15.9 Å². The Hall–Kier alpha value is -2.20. The van der Waals surface area contributed by atoms with Crippen molar-refractivity contribution in [2.75, 3.05) is 25.5 Å². The summed E-state index contributed by atoms with van der Waals surface area (Å²) < 4.78 is 26.1. The van der Waals surface area contributed by atoms with Crippen LogP contribution < -0.4 is 15.4 Å². The van der Waals surface area contributed by atoms with Gasteiger partial charge in [0.25, 0.3) is 5.69 Å². The monoisotopic (exact) mass is 316 g/mol. The second-order valence-corrected chi connectivity index (χ2v) is 5.70. The van der Waals surface area contributed by atoms with E-state index in [1.165, 1.54) is 13.1 Å². The lowest BCUT2D eigenvalue weighted by Gasteiger charge is -2.09. The smallest absolute Gasteiger partial charge is 0.291 e. The summed E-state index contributed by atoms with van der Waals surface area (Å²) in [6, 6.07) is 3.69. The number of hydrogen-bond donors (Lipinski definition) is 3. The molecule has 3 N–H and O–H groups in total. The highest BCUT2D eigenvalue weighted by Gasteiger charge is 2.26. The lowest BCUT2D eigenvalue weighted by atomic mass is 10.3. The Labute approximate surface area is 121 Å². The molecule has 0 unspecified atom stereocenters. The molecule has 9 nitrogen and oxygen atoms in total. The number of nitrogens with one attached hydrogen (secondary N) is 3. The number of likely N-dealkylation sites (N-methyl/N-ethyl adjacent to an activating group) is 1. The van der Waals surface area contributed by atoms with Crippen LogP contribution in [0.4, 0.5) is 11.4 Å². The van der Waals surface area contributed by atoms with Crippen LogP contribution in [0.15, 0.2) is 23.1 Å². The number of benzene rings is 1. The van der Waals surface area contributed by atoms with Crippen LogP contribution in [0.1, 0.15) is 6.92 Å². The molecule has 116 valence electrons. The lowest BCUT2D eigenvalue weighted by Crippen LogP contribution is -2.35. The van der Waals surface area contributed by atoms with Crippen molar-refractivity contribution < 1.29 is 18.1 Å². The Morgan fingerprint density at radius 3 is 2.57 bits per heavy atom. The molecule has 10 heteroatoms. The van der Waals surface area contributed by atoms with Crippen molar-refractivity contribution in [2.45, 2.75) is 11.8 Å². The molecule has 1 rings (SSSR count). The zero-order valence-corrected chi connectivity index (χ0v) is 12.4. The van der Waals surface area contributed by atoms with Crippen LogP contribution in [0.25, 0.3) is 0 Å². The fraction of sp³-hybridized carbons (Fsp3) is 0.364. The second-order valence-electron chi connectivity index (χ2n) is 3.97. The molecule has 0 aliphatic rings. The van der Waals surface area contributed by atoms with Crippen molar-refractivity contribution >= 4 is 27.3 Å². The van der Waals surface area contributed by atoms with E-state index in [0.717, 1.165) is 12.1 Å². The maximum absolute atomic E-state index is 12.0. The Balaban J connectivity index is 3.16. The van der Waals surface area contributed by atoms with Crippen LogP contribution in [0.2, 0.25) is 0 Å². The summed E-state index contributed by atoms with van der Waals surface area (Å²) in [6.45, 7) is 1.85. The van der Waals surface area contributed by atoms with Gasteiger partial charge in [0, 0.05) is 25.3 Å². The summed E-state index contributed by atoms with van der Waals surface area (Å²) >= 11 is 0. The standard InChI is InChI=1S/C11H16N4O5S/c1-3-13-8-4-5-10(9(6-8)15(17)18)21(19,20)14-7-11(16)12-2/h4-6,13-14H,3,7H2,1-2H3,(H,12,16). The quantitative estimate of drug-likeness (QED) is 0.481. The third-order valence-corrected chi connectivity index (χ3v) is 3.98. The van der Waals surface area contributed by atoms with Gasteiger partial charge in [0.05, 0.1) is 11.5 Å². The molecule has 0 bridgehead atoms. The van der Waals surface area contributed by atoms with Gasteiger partial charge in [0.15, 0.2) is 4.90 Å². The molecule has 1 aromatic rings. The minimum absolute atomic E-state index is 0.439. The van der Waals surface area contributed by atoms with E-state index in [1.54, 1.807) is 6.92 Å². The molecule has 0 atom stereocenters. The second kappa shape index (κ2) is 6.99. The highest BCUT2D eigenvalue weighted by atomic mass is 32.2. The predicted octanol–water partition coefficient (Wildman–Crippen LogP) is 0.0509. The first kappa shape index (κ1) is 16.9. The largest absolute Gasteiger partial charge is 0.385 e. The number of nitro groups is 1. The Morgan fingerprint density at radius 2 is 2.05 bits per heavy atom. The van der Waals surface area contributed by atoms with Gasteiger partial charge in [0.1, 0.15) is 0 Å². The molecule has 0 aromatic heterocycles. The van der Waals surface area contributed by atoms with Crippen molar-refractivity contribution in [1.82, 2.24) is 10.0 Å². The van der Waals surface area contributed by atoms with Gasteiger partial charge >= 0.3 is 0 Å². The topological polar surface area (TPSA) is 130 Å². The number of nitrogens with zero attached hydrogens (tertiary/aromatic N) is 1. The summed E-state index contributed by atoms with van der Waals surface area (Å²) in [6.07, 6.45) is 0. The molecule has 0 saturated heterocycles. The average Bonchev–Trinajstić information content (AvgIpc) is 2.44. The number of carbonyl (C=O) groups is 1. The number of anilines is 1. The minimum atomic E-state index is -4.15. The average molecular weight is 316 g/mol. The zero-order chi connectivity index (χ0) is 16.0. The van der Waals surface area contributed by atoms with Crippen molar-refractivity contribution in [3.05, 3.63) is 28.3 Å². The van der Waals surface area contributed by atoms with E-state index in [1.807, 2.05) is 4.72 Å². The van der Waals surface area contributed by atoms with E-state index >= 15 is 0 Å². The van der Waals surface area contributed by atoms with Crippen molar-refractivity contribution in [2.24, 2.45) is 0 Å². The fourth-order valence-corrected chi connectivity index (χ4v) is 2.66. The number of carbonyl (C=O) groups excluding carboxylic acids is 1. The van der Waals surface area contributed by atoms with E-state index in [4.69, 9.17) is 0 Å². The van der Waals surface area contributed by atoms with Gasteiger partial charge in [-0.25, -0.2) is 13.1 Å². The van der Waals surface area contributed by atoms with E-state index in [9.17, 15) is 23.3 Å². The molecule has 1 aromatic carbocycles. The third-order valence-electron chi connectivity index (χ3n) is 2.53. The van der Waals surface area contributed by atoms with Gasteiger partial charge in [-0.1, -0.05) is 0 Å². The van der Waals surface area contributed by atoms with Crippen molar-refractivity contribution in [3.63, 3.8) is 0 Å². The van der Waals surface area contributed by atoms with Gasteiger partial charge in [-0.05, 0) is 19.1 Å². The van der Waals surface area contributed by atoms with E-state index in [2.05, 4.69) is 10.6 Å². The van der Waals surface area contributed by atoms with E-state index in [-0.39, 0.29) is 0 Å². The first-order valence-corrected chi connectivity index (χ1v) is 7.52. The highest BCUT2D eigenvalue weighted by molar-refractivity contribution is 7.89. The minimum Gasteiger partial charge on any atom is -0.385 e. The molecule has 0 heterocycles. The summed E-state index contributed by atoms with van der Waals surface area (Å²) in [5.41, 5.74) is -0.118. The molecule has 0 saturated carbocycles. The third kappa shape index (κ3) is 4.39. The molecular formula is C11H16N4O5S. The molecule has 1 amide bonds. The zero-order valence-electron chi connectivity index (χ0n) is 11.5. The van der Waals surface area contributed by atoms with Crippen molar-refractivity contribution in [1.29, 1.82) is 0 Å². The maximum Gasteiger partial charge on any atom is 0.291 e. The van der Waals surface area contributed by atoms with E-state index in [0.29, 0.717) is 12.2 Å². The molecular weight excluding hydrogens is 300 g/mol. The van der Waals surface area contributed by atoms with Gasteiger partial charge in [-0.3, -0.25) is 14.9 Å². The SMILES string of the molecule is CCNc1ccc(S(=O)(=O)NCC(=O)NC)c([N+](=O)[O-])c1. The fourth-order valence-electron chi connectivity index (χ4n) is 1.53. The van der Waals surface area contributed by atoms with Gasteiger partial charge in [-0.2, -0.15) is 0 Å². The van der Waals surface area contributed by atoms with Gasteiger partial charge in [-0.15, -0.1) is 0 Å². The summed E-state index contributed by atoms with van der Waals surface area (Å²) in [5, 5.41) is 16.1. The van der Waals surface area contributed by atoms with Crippen LogP contribution in [0.3, 0.4) is 0 Å². The highest BCUT2D eigenvalue weighted by Crippen LogP contribution is 2.27. The maximum atomic E-state index is 12.0. The summed E-state index contributed by atoms with van der Waals surface area (Å²) in [4.78, 5) is 20.8. The number of rotatable bonds is 7. The number of sulfonamides is 1. The molecule has 0 fully saturated rings. The van der Waals surface area contributed by atoms with Crippen LogP contribution >= 0.6 is 0 Å². The predicted molar refractivity (Wildman–Crippen MR) is 76.5 cm³/mol. The number of nitro benzene ring substituents is 1. The van der Waals surface area contributed by atoms with Crippen LogP contribution in [-0.4, -0.2) is 39.4 Å². The van der Waals surface area contributed by atoms with Crippen molar-refractivity contribution in [3.8, 4) is 0 Å². The Kier molecular flexibility index (Phi) is 5.61. The Morgan fingerprint density at radius 1 is 1.38 bits per heavy atom. The summed E-state index contributed by atoms with van der Waals surface area (Å²) in [5.74, 6) is -0.550. The number of hydrogen-bond acceptors (Lipinski definition) is 6. The van der Waals surface area contributed by atoms with E-state index < -0.39 is 38.0 Å². The first-order valence-electron chi connectivity index (χ1n) is 6.04. The molecule has 0 spiro atoms. The normalized spacial score (nSPS) is 11.0. The molecule has 0 aliphatic carbocycles. The van der Waals surface area contributed by atoms with Gasteiger partial charge < -0.3 is 10.6 Å². The summed E-state index contributed by atoms with van der Waals surface area (Å²) in [7, 11) is -2.80. The van der Waals surface area contributed by atoms with Crippen LogP contribution in [0, 0.1) is 10.1 Å². The first-order chi connectivity index (χ1) is 9.81.